The van der Waals surface area contributed by atoms with E-state index in [9.17, 15) is 4.79 Å². The fraction of sp³-hybridized carbons (Fsp3) is 0.267. The van der Waals surface area contributed by atoms with Gasteiger partial charge in [0, 0.05) is 30.2 Å². The van der Waals surface area contributed by atoms with Crippen LogP contribution in [0, 0.1) is 0 Å². The summed E-state index contributed by atoms with van der Waals surface area (Å²) in [6, 6.07) is 5.85. The highest BCUT2D eigenvalue weighted by Gasteiger charge is 2.22. The first-order valence-electron chi connectivity index (χ1n) is 7.08. The van der Waals surface area contributed by atoms with Crippen LogP contribution in [-0.2, 0) is 19.4 Å². The van der Waals surface area contributed by atoms with Crippen LogP contribution in [0.3, 0.4) is 0 Å². The lowest BCUT2D eigenvalue weighted by Crippen LogP contribution is -2.24. The predicted molar refractivity (Wildman–Crippen MR) is 77.0 cm³/mol. The summed E-state index contributed by atoms with van der Waals surface area (Å²) in [5.74, 6) is -0.115. The summed E-state index contributed by atoms with van der Waals surface area (Å²) < 4.78 is 1.80. The molecule has 6 nitrogen and oxygen atoms in total. The first-order valence-corrected chi connectivity index (χ1v) is 7.08. The van der Waals surface area contributed by atoms with Crippen molar-refractivity contribution in [2.75, 3.05) is 0 Å². The van der Waals surface area contributed by atoms with Crippen molar-refractivity contribution in [2.45, 2.75) is 25.8 Å². The molecule has 0 aromatic carbocycles. The number of nitrogens with one attached hydrogen (secondary N) is 2. The number of pyridine rings is 1. The average molecular weight is 281 g/mol. The maximum absolute atomic E-state index is 12.3. The third-order valence-electron chi connectivity index (χ3n) is 3.98. The third-order valence-corrected chi connectivity index (χ3v) is 3.98. The lowest BCUT2D eigenvalue weighted by molar-refractivity contribution is 0.0945. The lowest BCUT2D eigenvalue weighted by Gasteiger charge is -2.06. The topological polar surface area (TPSA) is 75.1 Å². The summed E-state index contributed by atoms with van der Waals surface area (Å²) in [5.41, 5.74) is 4.77. The molecule has 3 aromatic heterocycles. The van der Waals surface area contributed by atoms with Gasteiger partial charge in [0.25, 0.3) is 5.91 Å². The Hall–Kier alpha value is -2.63. The number of carbonyl (C=O) groups is 1. The number of amides is 1. The Kier molecular flexibility index (Phi) is 2.73. The van der Waals surface area contributed by atoms with Gasteiger partial charge in [0.1, 0.15) is 0 Å². The van der Waals surface area contributed by atoms with Crippen molar-refractivity contribution >= 4 is 11.4 Å². The summed E-state index contributed by atoms with van der Waals surface area (Å²) in [6.07, 6.45) is 6.67. The van der Waals surface area contributed by atoms with Crippen molar-refractivity contribution in [3.05, 3.63) is 53.1 Å². The molecule has 0 fully saturated rings. The molecule has 0 radical (unpaired) electrons. The minimum Gasteiger partial charge on any atom is -0.346 e. The number of fused-ring (bicyclic) bond motifs is 2. The molecule has 2 N–H and O–H groups in total. The maximum atomic E-state index is 12.3. The van der Waals surface area contributed by atoms with Crippen molar-refractivity contribution in [1.82, 2.24) is 25.1 Å². The summed E-state index contributed by atoms with van der Waals surface area (Å²) in [5, 5.41) is 14.3. The molecule has 0 bridgehead atoms. The Balaban J connectivity index is 1.54. The zero-order chi connectivity index (χ0) is 14.2. The molecule has 3 aromatic rings. The average Bonchev–Trinajstić information content (AvgIpc) is 3.19. The van der Waals surface area contributed by atoms with E-state index < -0.39 is 0 Å². The van der Waals surface area contributed by atoms with E-state index in [1.807, 2.05) is 24.4 Å². The standard InChI is InChI=1S/C15H15N5O/c21-15(14-11-4-1-5-12(11)18-19-14)16-9-10-3-2-8-20-13(10)6-7-17-20/h2-3,6-8H,1,4-5,9H2,(H,16,21)(H,18,19). The van der Waals surface area contributed by atoms with Crippen LogP contribution >= 0.6 is 0 Å². The Labute approximate surface area is 121 Å². The van der Waals surface area contributed by atoms with Gasteiger partial charge in [0.2, 0.25) is 0 Å². The van der Waals surface area contributed by atoms with Gasteiger partial charge in [-0.1, -0.05) is 6.07 Å². The van der Waals surface area contributed by atoms with E-state index >= 15 is 0 Å². The molecule has 1 aliphatic carbocycles. The van der Waals surface area contributed by atoms with Gasteiger partial charge in [-0.25, -0.2) is 4.52 Å². The molecule has 3 heterocycles. The van der Waals surface area contributed by atoms with Crippen molar-refractivity contribution in [2.24, 2.45) is 0 Å². The Bertz CT molecular complexity index is 816. The molecule has 1 amide bonds. The van der Waals surface area contributed by atoms with Gasteiger partial charge < -0.3 is 5.32 Å². The molecular weight excluding hydrogens is 266 g/mol. The first kappa shape index (κ1) is 12.1. The quantitative estimate of drug-likeness (QED) is 0.763. The van der Waals surface area contributed by atoms with Gasteiger partial charge in [0.05, 0.1) is 5.52 Å². The fourth-order valence-electron chi connectivity index (χ4n) is 2.93. The molecule has 0 saturated carbocycles. The molecule has 106 valence electrons. The van der Waals surface area contributed by atoms with Crippen LogP contribution in [0.15, 0.2) is 30.6 Å². The van der Waals surface area contributed by atoms with Crippen LogP contribution in [0.5, 0.6) is 0 Å². The molecule has 0 aliphatic heterocycles. The third kappa shape index (κ3) is 1.99. The number of aromatic amines is 1. The zero-order valence-electron chi connectivity index (χ0n) is 11.5. The fourth-order valence-corrected chi connectivity index (χ4v) is 2.93. The van der Waals surface area contributed by atoms with Crippen LogP contribution in [-0.4, -0.2) is 25.7 Å². The minimum atomic E-state index is -0.115. The van der Waals surface area contributed by atoms with E-state index in [0.29, 0.717) is 12.2 Å². The monoisotopic (exact) mass is 281 g/mol. The van der Waals surface area contributed by atoms with Crippen LogP contribution < -0.4 is 5.32 Å². The Morgan fingerprint density at radius 3 is 3.29 bits per heavy atom. The second kappa shape index (κ2) is 4.73. The number of hydrogen-bond acceptors (Lipinski definition) is 3. The lowest BCUT2D eigenvalue weighted by atomic mass is 10.2. The normalized spacial score (nSPS) is 13.5. The predicted octanol–water partition coefficient (Wildman–Crippen LogP) is 1.48. The van der Waals surface area contributed by atoms with Crippen molar-refractivity contribution in [3.63, 3.8) is 0 Å². The molecule has 6 heteroatoms. The highest BCUT2D eigenvalue weighted by Crippen LogP contribution is 2.22. The summed E-state index contributed by atoms with van der Waals surface area (Å²) in [7, 11) is 0. The van der Waals surface area contributed by atoms with Gasteiger partial charge in [-0.2, -0.15) is 10.2 Å². The molecule has 0 saturated heterocycles. The first-order chi connectivity index (χ1) is 10.3. The van der Waals surface area contributed by atoms with Gasteiger partial charge >= 0.3 is 0 Å². The van der Waals surface area contributed by atoms with Crippen LogP contribution in [0.4, 0.5) is 0 Å². The second-order valence-electron chi connectivity index (χ2n) is 5.26. The van der Waals surface area contributed by atoms with Gasteiger partial charge in [-0.15, -0.1) is 0 Å². The van der Waals surface area contributed by atoms with E-state index in [0.717, 1.165) is 41.6 Å². The van der Waals surface area contributed by atoms with E-state index in [1.54, 1.807) is 10.7 Å². The summed E-state index contributed by atoms with van der Waals surface area (Å²) in [6.45, 7) is 0.469. The number of nitrogens with zero attached hydrogens (tertiary/aromatic N) is 3. The Morgan fingerprint density at radius 2 is 2.33 bits per heavy atom. The van der Waals surface area contributed by atoms with Gasteiger partial charge in [0.15, 0.2) is 5.69 Å². The van der Waals surface area contributed by atoms with Crippen molar-refractivity contribution in [3.8, 4) is 0 Å². The molecule has 0 spiro atoms. The second-order valence-corrected chi connectivity index (χ2v) is 5.26. The highest BCUT2D eigenvalue weighted by atomic mass is 16.1. The van der Waals surface area contributed by atoms with Crippen LogP contribution in [0.25, 0.3) is 5.52 Å². The van der Waals surface area contributed by atoms with E-state index in [1.165, 1.54) is 0 Å². The maximum Gasteiger partial charge on any atom is 0.272 e. The molecule has 4 rings (SSSR count). The van der Waals surface area contributed by atoms with E-state index in [4.69, 9.17) is 0 Å². The SMILES string of the molecule is O=C(NCc1cccn2nccc12)c1n[nH]c2c1CCC2. The summed E-state index contributed by atoms with van der Waals surface area (Å²) in [4.78, 5) is 12.3. The Morgan fingerprint density at radius 1 is 1.38 bits per heavy atom. The molecule has 0 unspecified atom stereocenters. The van der Waals surface area contributed by atoms with E-state index in [-0.39, 0.29) is 5.91 Å². The highest BCUT2D eigenvalue weighted by molar-refractivity contribution is 5.94. The summed E-state index contributed by atoms with van der Waals surface area (Å²) >= 11 is 0. The number of aryl methyl sites for hydroxylation is 1. The van der Waals surface area contributed by atoms with Gasteiger partial charge in [-0.3, -0.25) is 9.89 Å². The molecule has 1 aliphatic rings. The number of carbonyl (C=O) groups excluding carboxylic acids is 1. The zero-order valence-corrected chi connectivity index (χ0v) is 11.5. The minimum absolute atomic E-state index is 0.115. The van der Waals surface area contributed by atoms with Crippen LogP contribution in [0.1, 0.15) is 33.7 Å². The number of aromatic nitrogens is 4. The van der Waals surface area contributed by atoms with Crippen LogP contribution in [0.2, 0.25) is 0 Å². The number of H-pyrrole nitrogens is 1. The van der Waals surface area contributed by atoms with Crippen molar-refractivity contribution in [1.29, 1.82) is 0 Å². The largest absolute Gasteiger partial charge is 0.346 e. The van der Waals surface area contributed by atoms with E-state index in [2.05, 4.69) is 20.6 Å². The van der Waals surface area contributed by atoms with Crippen molar-refractivity contribution < 1.29 is 4.79 Å². The molecule has 21 heavy (non-hydrogen) atoms. The smallest absolute Gasteiger partial charge is 0.272 e. The number of hydrogen-bond donors (Lipinski definition) is 2. The molecule has 0 atom stereocenters. The number of rotatable bonds is 3. The van der Waals surface area contributed by atoms with Gasteiger partial charge in [-0.05, 0) is 37.0 Å². The molecular formula is C15H15N5O.